The number of rotatable bonds is 1. The van der Waals surface area contributed by atoms with Crippen molar-refractivity contribution < 1.29 is 19.2 Å². The molecule has 3 N–H and O–H groups in total. The van der Waals surface area contributed by atoms with Crippen LogP contribution >= 0.6 is 7.82 Å². The van der Waals surface area contributed by atoms with E-state index in [2.05, 4.69) is 25.9 Å². The monoisotopic (exact) mass is 171 g/mol. The van der Waals surface area contributed by atoms with Crippen LogP contribution in [0, 0.1) is 0 Å². The lowest BCUT2D eigenvalue weighted by molar-refractivity contribution is 0.275. The van der Waals surface area contributed by atoms with Gasteiger partial charge >= 0.3 is 7.82 Å². The van der Waals surface area contributed by atoms with Crippen molar-refractivity contribution in [3.8, 4) is 0 Å². The standard InChI is InChI=1S/C4H11N.H3O4P/c1-4-5(2)3;1-5(2,3)4/h4H2,1-3H3;(H3,1,2,3,4). The third-order valence-corrected chi connectivity index (χ3v) is 0.632. The molecule has 0 rings (SSSR count). The number of hydrogen-bond acceptors (Lipinski definition) is 2. The molecule has 5 nitrogen and oxygen atoms in total. The van der Waals surface area contributed by atoms with Crippen LogP contribution in [0.1, 0.15) is 6.92 Å². The van der Waals surface area contributed by atoms with Gasteiger partial charge in [0.1, 0.15) is 0 Å². The summed E-state index contributed by atoms with van der Waals surface area (Å²) in [5.41, 5.74) is 0. The summed E-state index contributed by atoms with van der Waals surface area (Å²) >= 11 is 0. The van der Waals surface area contributed by atoms with Crippen LogP contribution < -0.4 is 0 Å². The third-order valence-electron chi connectivity index (χ3n) is 0.632. The summed E-state index contributed by atoms with van der Waals surface area (Å²) in [6.07, 6.45) is 0. The van der Waals surface area contributed by atoms with E-state index >= 15 is 0 Å². The van der Waals surface area contributed by atoms with Gasteiger partial charge in [-0.15, -0.1) is 0 Å². The fraction of sp³-hybridized carbons (Fsp3) is 1.00. The Balaban J connectivity index is 0. The molecule has 6 heteroatoms. The van der Waals surface area contributed by atoms with Crippen molar-refractivity contribution in [2.45, 2.75) is 6.92 Å². The zero-order chi connectivity index (χ0) is 8.78. The molecule has 0 aliphatic carbocycles. The number of phosphoric acid groups is 1. The maximum Gasteiger partial charge on any atom is 0.466 e. The Hall–Kier alpha value is 0.0700. The van der Waals surface area contributed by atoms with Gasteiger partial charge in [-0.2, -0.15) is 0 Å². The van der Waals surface area contributed by atoms with Gasteiger partial charge in [-0.1, -0.05) is 6.92 Å². The fourth-order valence-electron chi connectivity index (χ4n) is 0. The van der Waals surface area contributed by atoms with Crippen LogP contribution in [0.3, 0.4) is 0 Å². The summed E-state index contributed by atoms with van der Waals surface area (Å²) in [6.45, 7) is 3.26. The Morgan fingerprint density at radius 1 is 1.30 bits per heavy atom. The van der Waals surface area contributed by atoms with Crippen LogP contribution in [0.15, 0.2) is 0 Å². The summed E-state index contributed by atoms with van der Waals surface area (Å²) in [5.74, 6) is 0. The molecule has 0 bridgehead atoms. The first-order valence-electron chi connectivity index (χ1n) is 2.70. The molecule has 0 atom stereocenters. The zero-order valence-corrected chi connectivity index (χ0v) is 7.25. The summed E-state index contributed by atoms with van der Waals surface area (Å²) in [4.78, 5) is 23.7. The molecule has 0 aromatic carbocycles. The smallest absolute Gasteiger partial charge is 0.310 e. The van der Waals surface area contributed by atoms with E-state index in [1.54, 1.807) is 0 Å². The molecule has 0 aliphatic heterocycles. The van der Waals surface area contributed by atoms with Crippen LogP contribution in [-0.4, -0.2) is 40.2 Å². The van der Waals surface area contributed by atoms with E-state index in [9.17, 15) is 0 Å². The van der Waals surface area contributed by atoms with Crippen molar-refractivity contribution in [1.82, 2.24) is 4.90 Å². The van der Waals surface area contributed by atoms with Crippen molar-refractivity contribution in [2.24, 2.45) is 0 Å². The first-order valence-corrected chi connectivity index (χ1v) is 4.27. The van der Waals surface area contributed by atoms with Crippen molar-refractivity contribution in [1.29, 1.82) is 0 Å². The first kappa shape index (κ1) is 12.7. The second-order valence-corrected chi connectivity index (χ2v) is 2.94. The Kier molecular flexibility index (Phi) is 7.41. The Labute approximate surface area is 60.5 Å². The Bertz CT molecular complexity index is 102. The van der Waals surface area contributed by atoms with Crippen molar-refractivity contribution in [2.75, 3.05) is 20.6 Å². The minimum atomic E-state index is -4.64. The minimum Gasteiger partial charge on any atom is -0.310 e. The lowest BCUT2D eigenvalue weighted by atomic mass is 10.7. The molecule has 64 valence electrons. The molecular formula is C4H14NO4P. The van der Waals surface area contributed by atoms with Crippen LogP contribution in [0.25, 0.3) is 0 Å². The van der Waals surface area contributed by atoms with E-state index in [0.29, 0.717) is 0 Å². The second-order valence-electron chi connectivity index (χ2n) is 1.91. The normalized spacial score (nSPS) is 10.7. The van der Waals surface area contributed by atoms with Gasteiger partial charge in [0.2, 0.25) is 0 Å². The quantitative estimate of drug-likeness (QED) is 0.469. The molecule has 10 heavy (non-hydrogen) atoms. The van der Waals surface area contributed by atoms with Gasteiger partial charge in [0.05, 0.1) is 0 Å². The van der Waals surface area contributed by atoms with Crippen LogP contribution in [-0.2, 0) is 4.57 Å². The summed E-state index contributed by atoms with van der Waals surface area (Å²) in [6, 6.07) is 0. The number of hydrogen-bond donors (Lipinski definition) is 3. The van der Waals surface area contributed by atoms with Crippen molar-refractivity contribution >= 4 is 7.82 Å². The van der Waals surface area contributed by atoms with E-state index < -0.39 is 7.82 Å². The zero-order valence-electron chi connectivity index (χ0n) is 6.35. The first-order chi connectivity index (χ1) is 4.27. The predicted molar refractivity (Wildman–Crippen MR) is 38.5 cm³/mol. The topological polar surface area (TPSA) is 81.0 Å². The molecule has 0 aliphatic rings. The van der Waals surface area contributed by atoms with Crippen LogP contribution in [0.2, 0.25) is 0 Å². The Morgan fingerprint density at radius 2 is 1.40 bits per heavy atom. The van der Waals surface area contributed by atoms with Crippen molar-refractivity contribution in [3.63, 3.8) is 0 Å². The molecule has 0 spiro atoms. The van der Waals surface area contributed by atoms with E-state index in [1.807, 2.05) is 0 Å². The third kappa shape index (κ3) is 94.1. The maximum atomic E-state index is 8.88. The fourth-order valence-corrected chi connectivity index (χ4v) is 0. The minimum absolute atomic E-state index is 1.14. The molecule has 0 heterocycles. The maximum absolute atomic E-state index is 8.88. The molecular weight excluding hydrogens is 157 g/mol. The molecule has 0 aromatic heterocycles. The van der Waals surface area contributed by atoms with E-state index in [4.69, 9.17) is 19.2 Å². The number of nitrogens with zero attached hydrogens (tertiary/aromatic N) is 1. The molecule has 0 aromatic rings. The molecule has 0 unspecified atom stereocenters. The van der Waals surface area contributed by atoms with Gasteiger partial charge in [-0.3, -0.25) is 0 Å². The lowest BCUT2D eigenvalue weighted by Gasteiger charge is -2.00. The average molecular weight is 171 g/mol. The second kappa shape index (κ2) is 5.82. The average Bonchev–Trinajstić information content (AvgIpc) is 1.61. The van der Waals surface area contributed by atoms with Gasteiger partial charge in [0, 0.05) is 0 Å². The summed E-state index contributed by atoms with van der Waals surface area (Å²) < 4.78 is 8.88. The summed E-state index contributed by atoms with van der Waals surface area (Å²) in [5, 5.41) is 0. The highest BCUT2D eigenvalue weighted by molar-refractivity contribution is 7.45. The Morgan fingerprint density at radius 3 is 1.40 bits per heavy atom. The van der Waals surface area contributed by atoms with Crippen molar-refractivity contribution in [3.05, 3.63) is 0 Å². The van der Waals surface area contributed by atoms with Gasteiger partial charge in [-0.05, 0) is 20.6 Å². The molecule has 0 radical (unpaired) electrons. The summed E-state index contributed by atoms with van der Waals surface area (Å²) in [7, 11) is -0.528. The molecule has 0 saturated carbocycles. The van der Waals surface area contributed by atoms with E-state index in [-0.39, 0.29) is 0 Å². The largest absolute Gasteiger partial charge is 0.466 e. The van der Waals surface area contributed by atoms with Crippen LogP contribution in [0.5, 0.6) is 0 Å². The van der Waals surface area contributed by atoms with Gasteiger partial charge < -0.3 is 19.6 Å². The lowest BCUT2D eigenvalue weighted by Crippen LogP contribution is -2.08. The highest BCUT2D eigenvalue weighted by atomic mass is 31.2. The molecule has 0 amide bonds. The SMILES string of the molecule is CCN(C)C.O=P(O)(O)O. The van der Waals surface area contributed by atoms with Gasteiger partial charge in [0.15, 0.2) is 0 Å². The van der Waals surface area contributed by atoms with E-state index in [0.717, 1.165) is 6.54 Å². The molecule has 0 fully saturated rings. The van der Waals surface area contributed by atoms with E-state index in [1.165, 1.54) is 0 Å². The predicted octanol–water partition coefficient (Wildman–Crippen LogP) is -0.361. The van der Waals surface area contributed by atoms with Crippen LogP contribution in [0.4, 0.5) is 0 Å². The van der Waals surface area contributed by atoms with Gasteiger partial charge in [-0.25, -0.2) is 4.57 Å². The van der Waals surface area contributed by atoms with Gasteiger partial charge in [0.25, 0.3) is 0 Å². The molecule has 0 saturated heterocycles. The highest BCUT2D eigenvalue weighted by Crippen LogP contribution is 2.25. The highest BCUT2D eigenvalue weighted by Gasteiger charge is 2.00.